The molecule has 2 N–H and O–H groups in total. The van der Waals surface area contributed by atoms with Crippen LogP contribution >= 0.6 is 11.6 Å². The van der Waals surface area contributed by atoms with Crippen LogP contribution in [0.25, 0.3) is 0 Å². The summed E-state index contributed by atoms with van der Waals surface area (Å²) >= 11 is 5.67. The molecule has 0 radical (unpaired) electrons. The molecule has 1 heterocycles. The number of hydrogen-bond donors (Lipinski definition) is 1. The molecule has 3 nitrogen and oxygen atoms in total. The van der Waals surface area contributed by atoms with Gasteiger partial charge in [0, 0.05) is 24.8 Å². The van der Waals surface area contributed by atoms with Gasteiger partial charge in [-0.05, 0) is 30.5 Å². The van der Waals surface area contributed by atoms with E-state index in [1.54, 1.807) is 16.8 Å². The molecule has 0 aliphatic rings. The van der Waals surface area contributed by atoms with E-state index in [-0.39, 0.29) is 11.1 Å². The van der Waals surface area contributed by atoms with Crippen LogP contribution in [-0.2, 0) is 19.9 Å². The molecule has 2 aromatic rings. The van der Waals surface area contributed by atoms with E-state index in [9.17, 15) is 4.39 Å². The molecule has 0 saturated heterocycles. The van der Waals surface area contributed by atoms with Crippen molar-refractivity contribution in [3.63, 3.8) is 0 Å². The number of hydrogen-bond acceptors (Lipinski definition) is 2. The Kier molecular flexibility index (Phi) is 4.22. The van der Waals surface area contributed by atoms with Gasteiger partial charge >= 0.3 is 0 Å². The number of nitrogens with two attached hydrogens (primary N) is 1. The Balaban J connectivity index is 2.20. The summed E-state index contributed by atoms with van der Waals surface area (Å²) in [6.07, 6.45) is 3.32. The van der Waals surface area contributed by atoms with Gasteiger partial charge in [-0.1, -0.05) is 24.6 Å². The van der Waals surface area contributed by atoms with Crippen LogP contribution in [0, 0.1) is 5.82 Å². The fourth-order valence-corrected chi connectivity index (χ4v) is 2.29. The summed E-state index contributed by atoms with van der Waals surface area (Å²) in [4.78, 5) is 0. The first-order chi connectivity index (χ1) is 9.01. The lowest BCUT2D eigenvalue weighted by atomic mass is 9.99. The van der Waals surface area contributed by atoms with Crippen molar-refractivity contribution in [3.8, 4) is 0 Å². The minimum absolute atomic E-state index is 0.132. The van der Waals surface area contributed by atoms with Crippen LogP contribution in [-0.4, -0.2) is 9.78 Å². The summed E-state index contributed by atoms with van der Waals surface area (Å²) in [6.45, 7) is 2.04. The van der Waals surface area contributed by atoms with Gasteiger partial charge in [0.05, 0.1) is 10.7 Å². The van der Waals surface area contributed by atoms with E-state index in [0.29, 0.717) is 6.42 Å². The van der Waals surface area contributed by atoms with E-state index in [2.05, 4.69) is 5.10 Å². The number of aromatic nitrogens is 2. The zero-order chi connectivity index (χ0) is 14.0. The maximum atomic E-state index is 13.4. The van der Waals surface area contributed by atoms with Gasteiger partial charge in [-0.3, -0.25) is 4.68 Å². The lowest BCUT2D eigenvalue weighted by Gasteiger charge is -2.11. The summed E-state index contributed by atoms with van der Waals surface area (Å²) < 4.78 is 15.2. The molecule has 1 aromatic heterocycles. The van der Waals surface area contributed by atoms with Gasteiger partial charge in [0.25, 0.3) is 0 Å². The van der Waals surface area contributed by atoms with Gasteiger partial charge in [-0.2, -0.15) is 5.10 Å². The van der Waals surface area contributed by atoms with Gasteiger partial charge < -0.3 is 5.73 Å². The van der Waals surface area contributed by atoms with Crippen LogP contribution in [0.2, 0.25) is 5.02 Å². The van der Waals surface area contributed by atoms with E-state index in [1.807, 2.05) is 20.2 Å². The first-order valence-corrected chi connectivity index (χ1v) is 6.61. The van der Waals surface area contributed by atoms with Crippen LogP contribution in [0.5, 0.6) is 0 Å². The number of nitrogens with zero attached hydrogens (tertiary/aromatic N) is 2. The third-order valence-electron chi connectivity index (χ3n) is 3.11. The van der Waals surface area contributed by atoms with E-state index in [1.165, 1.54) is 6.07 Å². The molecule has 0 amide bonds. The van der Waals surface area contributed by atoms with E-state index >= 15 is 0 Å². The van der Waals surface area contributed by atoms with Gasteiger partial charge in [0.2, 0.25) is 0 Å². The van der Waals surface area contributed by atoms with Gasteiger partial charge in [0.15, 0.2) is 0 Å². The van der Waals surface area contributed by atoms with E-state index in [0.717, 1.165) is 23.2 Å². The molecule has 0 aliphatic carbocycles. The van der Waals surface area contributed by atoms with Crippen molar-refractivity contribution in [1.82, 2.24) is 9.78 Å². The summed E-state index contributed by atoms with van der Waals surface area (Å²) in [6, 6.07) is 4.60. The Bertz CT molecular complexity index is 580. The highest BCUT2D eigenvalue weighted by Gasteiger charge is 2.15. The maximum Gasteiger partial charge on any atom is 0.142 e. The van der Waals surface area contributed by atoms with E-state index in [4.69, 9.17) is 17.3 Å². The molecule has 1 aromatic carbocycles. The molecule has 0 aliphatic heterocycles. The highest BCUT2D eigenvalue weighted by atomic mass is 35.5. The molecular weight excluding hydrogens is 265 g/mol. The molecule has 0 spiro atoms. The fourth-order valence-electron chi connectivity index (χ4n) is 2.17. The SMILES string of the molecule is CCc1nn(C)cc1C(N)Cc1ccc(Cl)c(F)c1. The Morgan fingerprint density at radius 3 is 2.84 bits per heavy atom. The van der Waals surface area contributed by atoms with Crippen molar-refractivity contribution < 1.29 is 4.39 Å². The second-order valence-electron chi connectivity index (χ2n) is 4.62. The minimum atomic E-state index is -0.409. The normalized spacial score (nSPS) is 12.7. The van der Waals surface area contributed by atoms with Crippen LogP contribution in [0.15, 0.2) is 24.4 Å². The first kappa shape index (κ1) is 14.0. The topological polar surface area (TPSA) is 43.8 Å². The van der Waals surface area contributed by atoms with Crippen LogP contribution in [0.1, 0.15) is 29.8 Å². The summed E-state index contributed by atoms with van der Waals surface area (Å²) in [7, 11) is 1.87. The summed E-state index contributed by atoms with van der Waals surface area (Å²) in [5, 5.41) is 4.50. The van der Waals surface area contributed by atoms with Crippen molar-refractivity contribution in [2.75, 3.05) is 0 Å². The van der Waals surface area contributed by atoms with Crippen molar-refractivity contribution in [3.05, 3.63) is 52.1 Å². The second-order valence-corrected chi connectivity index (χ2v) is 5.02. The number of rotatable bonds is 4. The van der Waals surface area contributed by atoms with Crippen LogP contribution < -0.4 is 5.73 Å². The van der Waals surface area contributed by atoms with E-state index < -0.39 is 5.82 Å². The molecule has 102 valence electrons. The highest BCUT2D eigenvalue weighted by molar-refractivity contribution is 6.30. The third kappa shape index (κ3) is 3.14. The fraction of sp³-hybridized carbons (Fsp3) is 0.357. The number of benzene rings is 1. The Labute approximate surface area is 117 Å². The molecular formula is C14H17ClFN3. The summed E-state index contributed by atoms with van der Waals surface area (Å²) in [5.41, 5.74) is 9.03. The zero-order valence-corrected chi connectivity index (χ0v) is 11.8. The van der Waals surface area contributed by atoms with Crippen LogP contribution in [0.3, 0.4) is 0 Å². The molecule has 1 atom stereocenters. The molecule has 0 bridgehead atoms. The number of halogens is 2. The Morgan fingerprint density at radius 1 is 1.47 bits per heavy atom. The second kappa shape index (κ2) is 5.72. The largest absolute Gasteiger partial charge is 0.324 e. The average Bonchev–Trinajstić information content (AvgIpc) is 2.75. The quantitative estimate of drug-likeness (QED) is 0.936. The lowest BCUT2D eigenvalue weighted by Crippen LogP contribution is -2.14. The molecule has 5 heteroatoms. The molecule has 0 saturated carbocycles. The molecule has 19 heavy (non-hydrogen) atoms. The van der Waals surface area contributed by atoms with Crippen molar-refractivity contribution in [1.29, 1.82) is 0 Å². The van der Waals surface area contributed by atoms with Crippen molar-refractivity contribution in [2.24, 2.45) is 12.8 Å². The highest BCUT2D eigenvalue weighted by Crippen LogP contribution is 2.22. The lowest BCUT2D eigenvalue weighted by molar-refractivity contribution is 0.622. The standard InChI is InChI=1S/C14H17ClFN3/c1-3-14-10(8-19(2)18-14)13(17)7-9-4-5-11(15)12(16)6-9/h4-6,8,13H,3,7,17H2,1-2H3. The van der Waals surface area contributed by atoms with Gasteiger partial charge in [-0.15, -0.1) is 0 Å². The third-order valence-corrected chi connectivity index (χ3v) is 3.42. The molecule has 0 fully saturated rings. The van der Waals surface area contributed by atoms with Crippen molar-refractivity contribution in [2.45, 2.75) is 25.8 Å². The molecule has 2 rings (SSSR count). The minimum Gasteiger partial charge on any atom is -0.324 e. The zero-order valence-electron chi connectivity index (χ0n) is 11.0. The molecule has 1 unspecified atom stereocenters. The first-order valence-electron chi connectivity index (χ1n) is 6.23. The van der Waals surface area contributed by atoms with Gasteiger partial charge in [0.1, 0.15) is 5.82 Å². The van der Waals surface area contributed by atoms with Crippen LogP contribution in [0.4, 0.5) is 4.39 Å². The Hall–Kier alpha value is -1.39. The van der Waals surface area contributed by atoms with Crippen molar-refractivity contribution >= 4 is 11.6 Å². The summed E-state index contributed by atoms with van der Waals surface area (Å²) in [5.74, 6) is -0.409. The smallest absolute Gasteiger partial charge is 0.142 e. The van der Waals surface area contributed by atoms with Gasteiger partial charge in [-0.25, -0.2) is 4.39 Å². The maximum absolute atomic E-state index is 13.4. The Morgan fingerprint density at radius 2 is 2.21 bits per heavy atom. The predicted octanol–water partition coefficient (Wildman–Crippen LogP) is 3.02. The monoisotopic (exact) mass is 281 g/mol. The predicted molar refractivity (Wildman–Crippen MR) is 74.6 cm³/mol. The number of aryl methyl sites for hydroxylation is 2. The average molecular weight is 282 g/mol.